The summed E-state index contributed by atoms with van der Waals surface area (Å²) in [7, 11) is -1.97. The molecule has 0 bridgehead atoms. The number of sulfonamides is 1. The number of benzene rings is 1. The van der Waals surface area contributed by atoms with Gasteiger partial charge in [-0.3, -0.25) is 14.9 Å². The van der Waals surface area contributed by atoms with Crippen LogP contribution in [0.5, 0.6) is 0 Å². The van der Waals surface area contributed by atoms with Crippen LogP contribution in [0.2, 0.25) is 0 Å². The summed E-state index contributed by atoms with van der Waals surface area (Å²) >= 11 is 0. The van der Waals surface area contributed by atoms with E-state index in [1.165, 1.54) is 36.4 Å². The zero-order valence-corrected chi connectivity index (χ0v) is 14.7. The molecule has 0 unspecified atom stereocenters. The van der Waals surface area contributed by atoms with Crippen LogP contribution in [-0.2, 0) is 14.8 Å². The highest BCUT2D eigenvalue weighted by Gasteiger charge is 2.32. The van der Waals surface area contributed by atoms with Crippen molar-refractivity contribution in [2.75, 3.05) is 20.1 Å². The van der Waals surface area contributed by atoms with Gasteiger partial charge in [0.25, 0.3) is 5.69 Å². The molecule has 0 spiro atoms. The third-order valence-corrected chi connectivity index (χ3v) is 6.37. The van der Waals surface area contributed by atoms with Crippen LogP contribution < -0.4 is 0 Å². The van der Waals surface area contributed by atoms with Gasteiger partial charge in [0.2, 0.25) is 15.9 Å². The maximum absolute atomic E-state index is 12.7. The van der Waals surface area contributed by atoms with Crippen LogP contribution in [-0.4, -0.2) is 54.6 Å². The number of amides is 1. The molecule has 1 amide bonds. The van der Waals surface area contributed by atoms with Gasteiger partial charge in [0.1, 0.15) is 0 Å². The number of hydrogen-bond acceptors (Lipinski definition) is 5. The smallest absolute Gasteiger partial charge is 0.272 e. The molecule has 0 atom stereocenters. The van der Waals surface area contributed by atoms with Gasteiger partial charge in [0, 0.05) is 44.7 Å². The fourth-order valence-electron chi connectivity index (χ4n) is 2.87. The molecule has 1 heterocycles. The van der Waals surface area contributed by atoms with Crippen LogP contribution in [0.25, 0.3) is 0 Å². The zero-order chi connectivity index (χ0) is 18.1. The molecule has 0 aliphatic carbocycles. The summed E-state index contributed by atoms with van der Waals surface area (Å²) in [4.78, 5) is 23.4. The van der Waals surface area contributed by atoms with Gasteiger partial charge in [-0.25, -0.2) is 8.42 Å². The summed E-state index contributed by atoms with van der Waals surface area (Å²) in [6, 6.07) is 3.86. The molecular weight excluding hydrogens is 334 g/mol. The van der Waals surface area contributed by atoms with Crippen molar-refractivity contribution in [3.8, 4) is 0 Å². The predicted molar refractivity (Wildman–Crippen MR) is 88.1 cm³/mol. The Hall–Kier alpha value is -2.00. The van der Waals surface area contributed by atoms with Crippen LogP contribution in [0.1, 0.15) is 25.3 Å². The first-order valence-electron chi connectivity index (χ1n) is 7.63. The molecule has 0 N–H and O–H groups in total. The van der Waals surface area contributed by atoms with Crippen molar-refractivity contribution in [1.29, 1.82) is 0 Å². The molecule has 132 valence electrons. The number of rotatable bonds is 4. The van der Waals surface area contributed by atoms with E-state index in [-0.39, 0.29) is 22.5 Å². The van der Waals surface area contributed by atoms with Crippen molar-refractivity contribution in [3.05, 3.63) is 33.9 Å². The zero-order valence-electron chi connectivity index (χ0n) is 13.9. The normalized spacial score (nSPS) is 16.8. The van der Waals surface area contributed by atoms with E-state index in [1.54, 1.807) is 11.9 Å². The third kappa shape index (κ3) is 3.57. The SMILES string of the molecule is CC(=O)N(C)C1CCN(S(=O)(=O)c2ccc([N+](=O)[O-])c(C)c2)CC1. The van der Waals surface area contributed by atoms with Crippen LogP contribution >= 0.6 is 0 Å². The predicted octanol–water partition coefficient (Wildman–Crippen LogP) is 1.53. The largest absolute Gasteiger partial charge is 0.343 e. The minimum atomic E-state index is -3.69. The van der Waals surface area contributed by atoms with E-state index in [4.69, 9.17) is 0 Å². The van der Waals surface area contributed by atoms with Gasteiger partial charge < -0.3 is 4.90 Å². The molecule has 1 aromatic carbocycles. The monoisotopic (exact) mass is 355 g/mol. The third-order valence-electron chi connectivity index (χ3n) is 4.47. The molecule has 24 heavy (non-hydrogen) atoms. The van der Waals surface area contributed by atoms with E-state index >= 15 is 0 Å². The molecule has 2 rings (SSSR count). The number of nitro groups is 1. The Labute approximate surface area is 141 Å². The summed E-state index contributed by atoms with van der Waals surface area (Å²) in [5, 5.41) is 10.9. The summed E-state index contributed by atoms with van der Waals surface area (Å²) in [6.07, 6.45) is 1.14. The van der Waals surface area contributed by atoms with Gasteiger partial charge in [-0.1, -0.05) is 0 Å². The van der Waals surface area contributed by atoms with Gasteiger partial charge in [-0.2, -0.15) is 4.31 Å². The van der Waals surface area contributed by atoms with E-state index in [2.05, 4.69) is 0 Å². The van der Waals surface area contributed by atoms with Gasteiger partial charge in [0.15, 0.2) is 0 Å². The lowest BCUT2D eigenvalue weighted by Crippen LogP contribution is -2.46. The first-order valence-corrected chi connectivity index (χ1v) is 9.07. The number of aryl methyl sites for hydroxylation is 1. The van der Waals surface area contributed by atoms with Crippen molar-refractivity contribution >= 4 is 21.6 Å². The van der Waals surface area contributed by atoms with Gasteiger partial charge in [-0.05, 0) is 31.9 Å². The number of nitro benzene ring substituents is 1. The maximum atomic E-state index is 12.7. The number of carbonyl (C=O) groups is 1. The fourth-order valence-corrected chi connectivity index (χ4v) is 4.42. The van der Waals surface area contributed by atoms with Gasteiger partial charge >= 0.3 is 0 Å². The summed E-state index contributed by atoms with van der Waals surface area (Å²) in [5.74, 6) is -0.0395. The van der Waals surface area contributed by atoms with Crippen LogP contribution in [0, 0.1) is 17.0 Å². The van der Waals surface area contributed by atoms with E-state index in [0.717, 1.165) is 0 Å². The molecule has 0 aromatic heterocycles. The lowest BCUT2D eigenvalue weighted by Gasteiger charge is -2.35. The molecule has 9 heteroatoms. The Morgan fingerprint density at radius 2 is 1.92 bits per heavy atom. The molecular formula is C15H21N3O5S. The maximum Gasteiger partial charge on any atom is 0.272 e. The van der Waals surface area contributed by atoms with Crippen molar-refractivity contribution in [3.63, 3.8) is 0 Å². The highest BCUT2D eigenvalue weighted by Crippen LogP contribution is 2.26. The van der Waals surface area contributed by atoms with Crippen molar-refractivity contribution in [1.82, 2.24) is 9.21 Å². The molecule has 1 aliphatic rings. The second-order valence-corrected chi connectivity index (χ2v) is 7.91. The van der Waals surface area contributed by atoms with Crippen molar-refractivity contribution < 1.29 is 18.1 Å². The van der Waals surface area contributed by atoms with Crippen molar-refractivity contribution in [2.45, 2.75) is 37.6 Å². The number of hydrogen-bond donors (Lipinski definition) is 0. The van der Waals surface area contributed by atoms with Crippen LogP contribution in [0.15, 0.2) is 23.1 Å². The standard InChI is InChI=1S/C15H21N3O5S/c1-11-10-14(4-5-15(11)18(20)21)24(22,23)17-8-6-13(7-9-17)16(3)12(2)19/h4-5,10,13H,6-9H2,1-3H3. The average Bonchev–Trinajstić information content (AvgIpc) is 2.53. The second-order valence-electron chi connectivity index (χ2n) is 5.97. The molecule has 1 fully saturated rings. The van der Waals surface area contributed by atoms with E-state index in [9.17, 15) is 23.3 Å². The summed E-state index contributed by atoms with van der Waals surface area (Å²) in [6.45, 7) is 3.65. The number of nitrogens with zero attached hydrogens (tertiary/aromatic N) is 3. The molecule has 1 aliphatic heterocycles. The molecule has 1 aromatic rings. The van der Waals surface area contributed by atoms with E-state index in [0.29, 0.717) is 31.5 Å². The van der Waals surface area contributed by atoms with Gasteiger partial charge in [-0.15, -0.1) is 0 Å². The van der Waals surface area contributed by atoms with Crippen LogP contribution in [0.4, 0.5) is 5.69 Å². The highest BCUT2D eigenvalue weighted by molar-refractivity contribution is 7.89. The Morgan fingerprint density at radius 1 is 1.33 bits per heavy atom. The van der Waals surface area contributed by atoms with Crippen molar-refractivity contribution in [2.24, 2.45) is 0 Å². The number of piperidine rings is 1. The first kappa shape index (κ1) is 18.3. The lowest BCUT2D eigenvalue weighted by atomic mass is 10.1. The lowest BCUT2D eigenvalue weighted by molar-refractivity contribution is -0.385. The summed E-state index contributed by atoms with van der Waals surface area (Å²) < 4.78 is 26.8. The Bertz CT molecular complexity index is 754. The average molecular weight is 355 g/mol. The quantitative estimate of drug-likeness (QED) is 0.602. The summed E-state index contributed by atoms with van der Waals surface area (Å²) in [5.41, 5.74) is 0.211. The van der Waals surface area contributed by atoms with E-state index in [1.807, 2.05) is 0 Å². The minimum absolute atomic E-state index is 0.0348. The van der Waals surface area contributed by atoms with E-state index < -0.39 is 14.9 Å². The fraction of sp³-hybridized carbons (Fsp3) is 0.533. The first-order chi connectivity index (χ1) is 11.1. The molecule has 1 saturated heterocycles. The Balaban J connectivity index is 2.16. The molecule has 8 nitrogen and oxygen atoms in total. The van der Waals surface area contributed by atoms with Gasteiger partial charge in [0.05, 0.1) is 9.82 Å². The highest BCUT2D eigenvalue weighted by atomic mass is 32.2. The molecule has 0 radical (unpaired) electrons. The Morgan fingerprint density at radius 3 is 2.38 bits per heavy atom. The molecule has 0 saturated carbocycles. The minimum Gasteiger partial charge on any atom is -0.343 e. The second kappa shape index (κ2) is 6.86. The Kier molecular flexibility index (Phi) is 5.24. The number of carbonyl (C=O) groups excluding carboxylic acids is 1. The topological polar surface area (TPSA) is 101 Å². The van der Waals surface area contributed by atoms with Crippen LogP contribution in [0.3, 0.4) is 0 Å².